The number of carbonyl (C=O) groups is 2. The molecule has 0 aliphatic heterocycles. The highest BCUT2D eigenvalue weighted by atomic mass is 127. The average Bonchev–Trinajstić information content (AvgIpc) is 2.53. The van der Waals surface area contributed by atoms with Gasteiger partial charge in [-0.2, -0.15) is 0 Å². The van der Waals surface area contributed by atoms with Crippen molar-refractivity contribution in [1.29, 1.82) is 0 Å². The van der Waals surface area contributed by atoms with Gasteiger partial charge < -0.3 is 15.2 Å². The van der Waals surface area contributed by atoms with Crippen molar-refractivity contribution in [2.45, 2.75) is 13.5 Å². The van der Waals surface area contributed by atoms with Crippen LogP contribution < -0.4 is 10.1 Å². The fourth-order valence-electron chi connectivity index (χ4n) is 2.09. The summed E-state index contributed by atoms with van der Waals surface area (Å²) in [5.74, 6) is -0.934. The fraction of sp³-hybridized carbons (Fsp3) is 0.111. The summed E-state index contributed by atoms with van der Waals surface area (Å²) in [5.41, 5.74) is 1.42. The van der Waals surface area contributed by atoms with E-state index in [-0.39, 0.29) is 5.70 Å². The Morgan fingerprint density at radius 3 is 2.42 bits per heavy atom. The van der Waals surface area contributed by atoms with Gasteiger partial charge in [-0.1, -0.05) is 23.7 Å². The molecule has 0 saturated carbocycles. The normalized spacial score (nSPS) is 11.2. The predicted octanol–water partition coefficient (Wildman–Crippen LogP) is 4.69. The minimum absolute atomic E-state index is 0.184. The predicted molar refractivity (Wildman–Crippen MR) is 117 cm³/mol. The van der Waals surface area contributed by atoms with Gasteiger partial charge in [0.2, 0.25) is 5.91 Å². The van der Waals surface area contributed by atoms with Gasteiger partial charge >= 0.3 is 5.97 Å². The third kappa shape index (κ3) is 6.13. The third-order valence-corrected chi connectivity index (χ3v) is 4.98. The molecular formula is C18H14ClI2NO4. The first-order valence-corrected chi connectivity index (χ1v) is 9.88. The smallest absolute Gasteiger partial charge is 0.352 e. The second kappa shape index (κ2) is 9.56. The van der Waals surface area contributed by atoms with E-state index in [4.69, 9.17) is 16.3 Å². The molecule has 0 bridgehead atoms. The van der Waals surface area contributed by atoms with E-state index in [1.807, 2.05) is 18.2 Å². The number of hydrogen-bond acceptors (Lipinski definition) is 3. The highest BCUT2D eigenvalue weighted by molar-refractivity contribution is 14.1. The summed E-state index contributed by atoms with van der Waals surface area (Å²) >= 11 is 10.2. The molecule has 2 aromatic carbocycles. The largest absolute Gasteiger partial charge is 0.487 e. The maximum absolute atomic E-state index is 11.2. The first-order valence-electron chi connectivity index (χ1n) is 7.35. The van der Waals surface area contributed by atoms with Crippen molar-refractivity contribution in [1.82, 2.24) is 5.32 Å². The molecule has 0 fully saturated rings. The Bertz CT molecular complexity index is 860. The summed E-state index contributed by atoms with van der Waals surface area (Å²) in [6.07, 6.45) is 1.41. The lowest BCUT2D eigenvalue weighted by Crippen LogP contribution is -2.24. The Kier molecular flexibility index (Phi) is 7.71. The Labute approximate surface area is 183 Å². The molecule has 0 saturated heterocycles. The number of amides is 1. The first-order chi connectivity index (χ1) is 12.3. The molecule has 0 heterocycles. The summed E-state index contributed by atoms with van der Waals surface area (Å²) < 4.78 is 7.56. The van der Waals surface area contributed by atoms with E-state index < -0.39 is 11.9 Å². The Balaban J connectivity index is 2.24. The molecule has 1 amide bonds. The number of carboxylic acid groups (broad SMARTS) is 1. The van der Waals surface area contributed by atoms with Gasteiger partial charge in [-0.05, 0) is 86.7 Å². The Hall–Kier alpha value is -1.33. The van der Waals surface area contributed by atoms with Crippen molar-refractivity contribution < 1.29 is 19.4 Å². The SMILES string of the molecule is CC(=O)N/C(=C/c1cc(I)c(OCc2cccc(Cl)c2)c(I)c1)C(=O)O. The minimum Gasteiger partial charge on any atom is -0.487 e. The van der Waals surface area contributed by atoms with Crippen molar-refractivity contribution in [3.63, 3.8) is 0 Å². The lowest BCUT2D eigenvalue weighted by atomic mass is 10.2. The number of hydrogen-bond donors (Lipinski definition) is 2. The monoisotopic (exact) mass is 597 g/mol. The van der Waals surface area contributed by atoms with Crippen molar-refractivity contribution in [2.75, 3.05) is 0 Å². The van der Waals surface area contributed by atoms with Crippen LogP contribution in [-0.4, -0.2) is 17.0 Å². The lowest BCUT2D eigenvalue weighted by molar-refractivity contribution is -0.134. The van der Waals surface area contributed by atoms with Crippen molar-refractivity contribution >= 4 is 74.7 Å². The molecule has 0 aliphatic carbocycles. The van der Waals surface area contributed by atoms with Crippen LogP contribution in [0, 0.1) is 7.14 Å². The molecule has 8 heteroatoms. The molecule has 0 atom stereocenters. The van der Waals surface area contributed by atoms with Gasteiger partial charge in [0.05, 0.1) is 7.14 Å². The molecule has 0 spiro atoms. The van der Waals surface area contributed by atoms with Crippen molar-refractivity contribution in [3.8, 4) is 5.75 Å². The molecule has 5 nitrogen and oxygen atoms in total. The quantitative estimate of drug-likeness (QED) is 0.375. The lowest BCUT2D eigenvalue weighted by Gasteiger charge is -2.12. The van der Waals surface area contributed by atoms with Crippen molar-refractivity contribution in [2.24, 2.45) is 0 Å². The zero-order valence-electron chi connectivity index (χ0n) is 13.6. The first kappa shape index (κ1) is 21.0. The zero-order chi connectivity index (χ0) is 19.3. The highest BCUT2D eigenvalue weighted by Crippen LogP contribution is 2.30. The van der Waals surface area contributed by atoms with E-state index in [1.165, 1.54) is 13.0 Å². The second-order valence-electron chi connectivity index (χ2n) is 5.28. The van der Waals surface area contributed by atoms with Crippen LogP contribution in [0.25, 0.3) is 6.08 Å². The molecule has 0 radical (unpaired) electrons. The van der Waals surface area contributed by atoms with Crippen LogP contribution in [-0.2, 0) is 16.2 Å². The van der Waals surface area contributed by atoms with Gasteiger partial charge in [-0.3, -0.25) is 4.79 Å². The number of carboxylic acids is 1. The summed E-state index contributed by atoms with van der Waals surface area (Å²) in [7, 11) is 0. The maximum atomic E-state index is 11.2. The fourth-order valence-corrected chi connectivity index (χ4v) is 4.43. The van der Waals surface area contributed by atoms with E-state index in [9.17, 15) is 14.7 Å². The number of nitrogens with one attached hydrogen (secondary N) is 1. The minimum atomic E-state index is -1.20. The van der Waals surface area contributed by atoms with E-state index in [1.54, 1.807) is 18.2 Å². The van der Waals surface area contributed by atoms with Crippen LogP contribution in [0.15, 0.2) is 42.1 Å². The molecule has 2 N–H and O–H groups in total. The number of aliphatic carboxylic acids is 1. The highest BCUT2D eigenvalue weighted by Gasteiger charge is 2.12. The molecule has 26 heavy (non-hydrogen) atoms. The molecule has 2 rings (SSSR count). The summed E-state index contributed by atoms with van der Waals surface area (Å²) in [4.78, 5) is 22.4. The third-order valence-electron chi connectivity index (χ3n) is 3.14. The molecule has 0 aliphatic rings. The van der Waals surface area contributed by atoms with Crippen LogP contribution in [0.4, 0.5) is 0 Å². The van der Waals surface area contributed by atoms with Gasteiger partial charge in [0.1, 0.15) is 18.1 Å². The maximum Gasteiger partial charge on any atom is 0.352 e. The number of ether oxygens (including phenoxy) is 1. The number of halogens is 3. The zero-order valence-corrected chi connectivity index (χ0v) is 18.6. The summed E-state index contributed by atoms with van der Waals surface area (Å²) in [6.45, 7) is 1.63. The molecule has 0 unspecified atom stereocenters. The van der Waals surface area contributed by atoms with Gasteiger partial charge in [-0.15, -0.1) is 0 Å². The standard InChI is InChI=1S/C18H14ClI2NO4/c1-10(23)22-16(18(24)25)8-12-6-14(20)17(15(21)7-12)26-9-11-3-2-4-13(19)5-11/h2-8H,9H2,1H3,(H,22,23)(H,24,25)/b16-8+. The molecule has 0 aromatic heterocycles. The number of benzene rings is 2. The van der Waals surface area contributed by atoms with E-state index in [0.29, 0.717) is 22.9 Å². The van der Waals surface area contributed by atoms with Crippen LogP contribution in [0.3, 0.4) is 0 Å². The molecule has 136 valence electrons. The van der Waals surface area contributed by atoms with Crippen LogP contribution in [0.5, 0.6) is 5.75 Å². The van der Waals surface area contributed by atoms with Crippen LogP contribution in [0.2, 0.25) is 5.02 Å². The second-order valence-corrected chi connectivity index (χ2v) is 8.04. The molecule has 2 aromatic rings. The van der Waals surface area contributed by atoms with Crippen molar-refractivity contribution in [3.05, 3.63) is 65.4 Å². The average molecular weight is 598 g/mol. The van der Waals surface area contributed by atoms with Crippen LogP contribution >= 0.6 is 56.8 Å². The number of rotatable bonds is 6. The molecular weight excluding hydrogens is 583 g/mol. The van der Waals surface area contributed by atoms with E-state index >= 15 is 0 Å². The Morgan fingerprint density at radius 2 is 1.88 bits per heavy atom. The van der Waals surface area contributed by atoms with E-state index in [0.717, 1.165) is 12.7 Å². The van der Waals surface area contributed by atoms with Gasteiger partial charge in [0, 0.05) is 11.9 Å². The van der Waals surface area contributed by atoms with Gasteiger partial charge in [0.25, 0.3) is 0 Å². The topological polar surface area (TPSA) is 75.6 Å². The van der Waals surface area contributed by atoms with Crippen LogP contribution in [0.1, 0.15) is 18.1 Å². The summed E-state index contributed by atoms with van der Waals surface area (Å²) in [5, 5.41) is 12.1. The number of carbonyl (C=O) groups excluding carboxylic acids is 1. The Morgan fingerprint density at radius 1 is 1.23 bits per heavy atom. The van der Waals surface area contributed by atoms with E-state index in [2.05, 4.69) is 50.5 Å². The summed E-state index contributed by atoms with van der Waals surface area (Å²) in [6, 6.07) is 11.0. The van der Waals surface area contributed by atoms with Gasteiger partial charge in [0.15, 0.2) is 0 Å². The van der Waals surface area contributed by atoms with Gasteiger partial charge in [-0.25, -0.2) is 4.79 Å².